The third kappa shape index (κ3) is 5.61. The van der Waals surface area contributed by atoms with E-state index in [0.29, 0.717) is 29.4 Å². The first-order chi connectivity index (χ1) is 19.7. The Morgan fingerprint density at radius 3 is 2.67 bits per heavy atom. The van der Waals surface area contributed by atoms with Gasteiger partial charge in [-0.25, -0.2) is 9.97 Å². The van der Waals surface area contributed by atoms with Crippen molar-refractivity contribution in [2.75, 3.05) is 57.9 Å². The number of aromatic nitrogens is 2. The smallest absolute Gasteiger partial charge is 0.256 e. The lowest BCUT2D eigenvalue weighted by atomic mass is 10.1. The topological polar surface area (TPSA) is 83.4 Å². The predicted molar refractivity (Wildman–Crippen MR) is 157 cm³/mol. The van der Waals surface area contributed by atoms with E-state index in [0.717, 1.165) is 81.7 Å². The van der Waals surface area contributed by atoms with Crippen LogP contribution in [0.15, 0.2) is 47.7 Å². The summed E-state index contributed by atoms with van der Waals surface area (Å²) in [6, 6.07) is 12.0. The fourth-order valence-electron chi connectivity index (χ4n) is 6.02. The quantitative estimate of drug-likeness (QED) is 0.343. The molecule has 1 unspecified atom stereocenters. The number of benzene rings is 2. The Morgan fingerprint density at radius 2 is 1.80 bits per heavy atom. The zero-order chi connectivity index (χ0) is 27.3. The lowest BCUT2D eigenvalue weighted by molar-refractivity contribution is 0.0774. The maximum Gasteiger partial charge on any atom is 0.256 e. The minimum Gasteiger partial charge on any atom is -0.493 e. The first-order valence-corrected chi connectivity index (χ1v) is 14.6. The minimum atomic E-state index is 0.0313. The van der Waals surface area contributed by atoms with E-state index >= 15 is 0 Å². The molecule has 6 rings (SSSR count). The van der Waals surface area contributed by atoms with Crippen molar-refractivity contribution in [3.63, 3.8) is 0 Å². The number of unbranched alkanes of at least 4 members (excludes halogenated alkanes) is 3. The molecule has 1 aromatic heterocycles. The predicted octanol–water partition coefficient (Wildman–Crippen LogP) is 4.72. The van der Waals surface area contributed by atoms with Crippen molar-refractivity contribution in [2.45, 2.75) is 44.6 Å². The first-order valence-electron chi connectivity index (χ1n) is 14.6. The van der Waals surface area contributed by atoms with E-state index in [9.17, 15) is 4.79 Å². The number of carbonyl (C=O) groups excluding carboxylic acids is 1. The summed E-state index contributed by atoms with van der Waals surface area (Å²) in [5.41, 5.74) is 2.27. The minimum absolute atomic E-state index is 0.0313. The molecule has 40 heavy (non-hydrogen) atoms. The highest BCUT2D eigenvalue weighted by molar-refractivity contribution is 6.03. The molecule has 210 valence electrons. The molecule has 0 bridgehead atoms. The molecule has 2 saturated heterocycles. The number of hydrogen-bond donors (Lipinski definition) is 0. The van der Waals surface area contributed by atoms with Crippen molar-refractivity contribution < 1.29 is 14.3 Å². The Kier molecular flexibility index (Phi) is 8.09. The lowest BCUT2D eigenvalue weighted by Crippen LogP contribution is -2.47. The molecule has 0 aliphatic carbocycles. The van der Waals surface area contributed by atoms with Crippen LogP contribution < -0.4 is 14.4 Å². The molecule has 2 fully saturated rings. The molecular formula is C31H38N6O3. The molecule has 0 spiro atoms. The van der Waals surface area contributed by atoms with Crippen molar-refractivity contribution in [1.82, 2.24) is 19.8 Å². The largest absolute Gasteiger partial charge is 0.493 e. The standard InChI is InChI=1S/C31H38N6O3/c1-39-28-19-25-27(32-21-23-9-8-13-37(23)31(25)38)20-29(28)40-18-7-3-2-6-12-35-14-16-36(17-15-35)30-24-10-4-5-11-26(24)33-22-34-30/h4-5,10-11,19-23H,2-3,6-9,12-18H2,1H3. The highest BCUT2D eigenvalue weighted by atomic mass is 16.5. The maximum absolute atomic E-state index is 13.0. The van der Waals surface area contributed by atoms with Crippen LogP contribution in [0.3, 0.4) is 0 Å². The van der Waals surface area contributed by atoms with Crippen LogP contribution in [0, 0.1) is 0 Å². The van der Waals surface area contributed by atoms with Gasteiger partial charge in [-0.3, -0.25) is 14.7 Å². The average molecular weight is 543 g/mol. The highest BCUT2D eigenvalue weighted by Gasteiger charge is 2.32. The molecule has 1 atom stereocenters. The number of rotatable bonds is 10. The van der Waals surface area contributed by atoms with Crippen molar-refractivity contribution in [2.24, 2.45) is 4.99 Å². The number of amides is 1. The number of hydrogen-bond acceptors (Lipinski definition) is 8. The van der Waals surface area contributed by atoms with Gasteiger partial charge in [-0.05, 0) is 50.4 Å². The maximum atomic E-state index is 13.0. The average Bonchev–Trinajstić information content (AvgIpc) is 3.43. The molecule has 0 saturated carbocycles. The van der Waals surface area contributed by atoms with E-state index in [1.54, 1.807) is 19.5 Å². The van der Waals surface area contributed by atoms with Gasteiger partial charge >= 0.3 is 0 Å². The number of carbonyl (C=O) groups is 1. The molecule has 3 aliphatic rings. The monoisotopic (exact) mass is 542 g/mol. The van der Waals surface area contributed by atoms with Crippen molar-refractivity contribution in [3.8, 4) is 11.5 Å². The van der Waals surface area contributed by atoms with Crippen molar-refractivity contribution in [1.29, 1.82) is 0 Å². The van der Waals surface area contributed by atoms with E-state index in [1.165, 1.54) is 12.8 Å². The fourth-order valence-corrected chi connectivity index (χ4v) is 6.02. The Morgan fingerprint density at radius 1 is 0.950 bits per heavy atom. The number of anilines is 1. The lowest BCUT2D eigenvalue weighted by Gasteiger charge is -2.35. The van der Waals surface area contributed by atoms with Crippen molar-refractivity contribution >= 4 is 34.5 Å². The van der Waals surface area contributed by atoms with Crippen LogP contribution in [-0.2, 0) is 0 Å². The summed E-state index contributed by atoms with van der Waals surface area (Å²) < 4.78 is 11.7. The van der Waals surface area contributed by atoms with Gasteiger partial charge in [-0.15, -0.1) is 0 Å². The summed E-state index contributed by atoms with van der Waals surface area (Å²) in [4.78, 5) is 33.5. The van der Waals surface area contributed by atoms with Crippen LogP contribution in [0.4, 0.5) is 11.5 Å². The van der Waals surface area contributed by atoms with Gasteiger partial charge in [0.2, 0.25) is 0 Å². The van der Waals surface area contributed by atoms with Gasteiger partial charge in [0.15, 0.2) is 11.5 Å². The molecule has 0 N–H and O–H groups in total. The van der Waals surface area contributed by atoms with E-state index in [2.05, 4.69) is 36.9 Å². The number of aliphatic imine (C=N–C) groups is 1. The third-order valence-corrected chi connectivity index (χ3v) is 8.28. The van der Waals surface area contributed by atoms with Crippen molar-refractivity contribution in [3.05, 3.63) is 48.3 Å². The summed E-state index contributed by atoms with van der Waals surface area (Å²) in [7, 11) is 1.62. The fraction of sp³-hybridized carbons (Fsp3) is 0.484. The Labute approximate surface area is 235 Å². The summed E-state index contributed by atoms with van der Waals surface area (Å²) in [5.74, 6) is 2.33. The van der Waals surface area contributed by atoms with Crippen LogP contribution in [0.5, 0.6) is 11.5 Å². The molecule has 1 amide bonds. The van der Waals surface area contributed by atoms with E-state index < -0.39 is 0 Å². The summed E-state index contributed by atoms with van der Waals surface area (Å²) in [6.07, 6.45) is 10.0. The normalized spacial score (nSPS) is 19.0. The second-order valence-corrected chi connectivity index (χ2v) is 10.8. The van der Waals surface area contributed by atoms with Gasteiger partial charge in [0.25, 0.3) is 5.91 Å². The van der Waals surface area contributed by atoms with E-state index in [4.69, 9.17) is 9.47 Å². The Hall–Kier alpha value is -3.72. The number of para-hydroxylation sites is 1. The Bertz CT molecular complexity index is 1370. The molecule has 9 heteroatoms. The van der Waals surface area contributed by atoms with Crippen LogP contribution in [0.1, 0.15) is 48.9 Å². The van der Waals surface area contributed by atoms with Gasteiger partial charge in [0, 0.05) is 50.4 Å². The molecular weight excluding hydrogens is 504 g/mol. The number of methoxy groups -OCH3 is 1. The van der Waals surface area contributed by atoms with Crippen LogP contribution in [0.2, 0.25) is 0 Å². The Balaban J connectivity index is 0.923. The van der Waals surface area contributed by atoms with Gasteiger partial charge < -0.3 is 19.3 Å². The van der Waals surface area contributed by atoms with Crippen LogP contribution in [0.25, 0.3) is 10.9 Å². The number of piperazine rings is 1. The van der Waals surface area contributed by atoms with Gasteiger partial charge in [-0.1, -0.05) is 25.0 Å². The summed E-state index contributed by atoms with van der Waals surface area (Å²) in [5, 5.41) is 1.13. The number of fused-ring (bicyclic) bond motifs is 3. The SMILES string of the molecule is COc1cc2c(cc1OCCCCCCN1CCN(c3ncnc4ccccc34)CC1)N=CC1CCCN1C2=O. The third-order valence-electron chi connectivity index (χ3n) is 8.28. The second-order valence-electron chi connectivity index (χ2n) is 10.8. The molecule has 0 radical (unpaired) electrons. The molecule has 9 nitrogen and oxygen atoms in total. The molecule has 3 aromatic rings. The van der Waals surface area contributed by atoms with Gasteiger partial charge in [0.05, 0.1) is 36.5 Å². The number of ether oxygens (including phenoxy) is 2. The molecule has 2 aromatic carbocycles. The second kappa shape index (κ2) is 12.2. The zero-order valence-electron chi connectivity index (χ0n) is 23.3. The van der Waals surface area contributed by atoms with Crippen LogP contribution in [-0.4, -0.2) is 90.9 Å². The number of nitrogens with zero attached hydrogens (tertiary/aromatic N) is 6. The first kappa shape index (κ1) is 26.5. The zero-order valence-corrected chi connectivity index (χ0v) is 23.3. The van der Waals surface area contributed by atoms with Gasteiger partial charge in [0.1, 0.15) is 12.1 Å². The molecule has 3 aliphatic heterocycles. The van der Waals surface area contributed by atoms with E-state index in [-0.39, 0.29) is 11.9 Å². The van der Waals surface area contributed by atoms with E-state index in [1.807, 2.05) is 29.3 Å². The summed E-state index contributed by atoms with van der Waals surface area (Å²) >= 11 is 0. The summed E-state index contributed by atoms with van der Waals surface area (Å²) in [6.45, 7) is 6.63. The van der Waals surface area contributed by atoms with Crippen LogP contribution >= 0.6 is 0 Å². The molecule has 4 heterocycles. The highest BCUT2D eigenvalue weighted by Crippen LogP contribution is 2.38. The van der Waals surface area contributed by atoms with Gasteiger partial charge in [-0.2, -0.15) is 0 Å².